The predicted molar refractivity (Wildman–Crippen MR) is 58.8 cm³/mol. The zero-order valence-corrected chi connectivity index (χ0v) is 9.68. The normalized spacial score (nSPS) is 29.5. The second kappa shape index (κ2) is 5.68. The Bertz CT molecular complexity index is 295. The van der Waals surface area contributed by atoms with Gasteiger partial charge in [-0.25, -0.2) is 0 Å². The number of aliphatic carboxylic acids is 1. The molecular formula is C12H18O4. The molecule has 1 fully saturated rings. The lowest BCUT2D eigenvalue weighted by Gasteiger charge is -2.17. The van der Waals surface area contributed by atoms with E-state index in [1.54, 1.807) is 13.0 Å². The van der Waals surface area contributed by atoms with E-state index in [0.29, 0.717) is 19.4 Å². The van der Waals surface area contributed by atoms with E-state index >= 15 is 0 Å². The van der Waals surface area contributed by atoms with E-state index < -0.39 is 11.9 Å². The van der Waals surface area contributed by atoms with Crippen LogP contribution in [0, 0.1) is 17.8 Å². The number of carbonyl (C=O) groups excluding carboxylic acids is 1. The third kappa shape index (κ3) is 2.62. The number of carbonyl (C=O) groups is 2. The zero-order chi connectivity index (χ0) is 12.1. The van der Waals surface area contributed by atoms with Crippen LogP contribution in [-0.2, 0) is 14.3 Å². The van der Waals surface area contributed by atoms with Crippen molar-refractivity contribution in [1.82, 2.24) is 0 Å². The van der Waals surface area contributed by atoms with E-state index in [4.69, 9.17) is 9.84 Å². The van der Waals surface area contributed by atoms with Crippen LogP contribution in [0.2, 0.25) is 0 Å². The van der Waals surface area contributed by atoms with Crippen LogP contribution in [0.3, 0.4) is 0 Å². The lowest BCUT2D eigenvalue weighted by Crippen LogP contribution is -2.26. The number of hydrogen-bond acceptors (Lipinski definition) is 3. The predicted octanol–water partition coefficient (Wildman–Crippen LogP) is 1.85. The molecule has 0 aromatic carbocycles. The first kappa shape index (κ1) is 12.7. The van der Waals surface area contributed by atoms with Gasteiger partial charge in [-0.3, -0.25) is 9.59 Å². The number of ether oxygens (including phenoxy) is 1. The lowest BCUT2D eigenvalue weighted by molar-refractivity contribution is -0.149. The molecule has 0 unspecified atom stereocenters. The van der Waals surface area contributed by atoms with E-state index in [-0.39, 0.29) is 17.8 Å². The largest absolute Gasteiger partial charge is 0.481 e. The molecule has 0 amide bonds. The van der Waals surface area contributed by atoms with Crippen molar-refractivity contribution in [3.05, 3.63) is 12.2 Å². The fourth-order valence-electron chi connectivity index (χ4n) is 2.33. The average Bonchev–Trinajstić information content (AvgIpc) is 2.62. The Morgan fingerprint density at radius 1 is 1.38 bits per heavy atom. The maximum absolute atomic E-state index is 11.6. The molecule has 0 aliphatic heterocycles. The molecule has 0 aromatic rings. The summed E-state index contributed by atoms with van der Waals surface area (Å²) >= 11 is 0. The zero-order valence-electron chi connectivity index (χ0n) is 9.68. The Labute approximate surface area is 95.3 Å². The monoisotopic (exact) mass is 226 g/mol. The molecule has 0 bridgehead atoms. The number of allylic oxidation sites excluding steroid dienone is 2. The second-order valence-corrected chi connectivity index (χ2v) is 3.98. The molecule has 4 heteroatoms. The fourth-order valence-corrected chi connectivity index (χ4v) is 2.33. The summed E-state index contributed by atoms with van der Waals surface area (Å²) in [5.74, 6) is -2.06. The number of carboxylic acids is 1. The third-order valence-electron chi connectivity index (χ3n) is 3.04. The van der Waals surface area contributed by atoms with Crippen molar-refractivity contribution in [3.63, 3.8) is 0 Å². The first-order valence-corrected chi connectivity index (χ1v) is 5.64. The van der Waals surface area contributed by atoms with Crippen molar-refractivity contribution >= 4 is 11.9 Å². The van der Waals surface area contributed by atoms with Gasteiger partial charge in [0.25, 0.3) is 0 Å². The molecule has 1 aliphatic rings. The molecule has 0 saturated heterocycles. The van der Waals surface area contributed by atoms with Crippen LogP contribution in [0.5, 0.6) is 0 Å². The highest BCUT2D eigenvalue weighted by atomic mass is 16.5. The molecule has 0 radical (unpaired) electrons. The number of rotatable bonds is 4. The standard InChI is InChI=1S/C12H18O4/c1-3-5-8-9(11(13)14)6-7-10(8)12(15)16-4-2/h3,5,8-10H,4,6-7H2,1-2H3,(H,13,14)/b5-3+/t8-,9-,10-/m1/s1. The molecule has 90 valence electrons. The lowest BCUT2D eigenvalue weighted by atomic mass is 9.89. The van der Waals surface area contributed by atoms with Crippen molar-refractivity contribution in [2.45, 2.75) is 26.7 Å². The minimum Gasteiger partial charge on any atom is -0.481 e. The summed E-state index contributed by atoms with van der Waals surface area (Å²) in [6.45, 7) is 3.93. The van der Waals surface area contributed by atoms with Crippen molar-refractivity contribution in [3.8, 4) is 0 Å². The quantitative estimate of drug-likeness (QED) is 0.587. The molecule has 1 aliphatic carbocycles. The number of hydrogen-bond donors (Lipinski definition) is 1. The SMILES string of the molecule is C/C=C/[C@@H]1[C@H](C(=O)O)CC[C@H]1C(=O)OCC. The summed E-state index contributed by atoms with van der Waals surface area (Å²) in [5, 5.41) is 9.05. The van der Waals surface area contributed by atoms with Gasteiger partial charge in [0.1, 0.15) is 0 Å². The molecule has 1 rings (SSSR count). The Morgan fingerprint density at radius 3 is 2.50 bits per heavy atom. The fraction of sp³-hybridized carbons (Fsp3) is 0.667. The van der Waals surface area contributed by atoms with Crippen LogP contribution in [0.4, 0.5) is 0 Å². The summed E-state index contributed by atoms with van der Waals surface area (Å²) in [5.41, 5.74) is 0. The van der Waals surface area contributed by atoms with Gasteiger partial charge in [0.05, 0.1) is 18.4 Å². The van der Waals surface area contributed by atoms with Crippen molar-refractivity contribution in [2.24, 2.45) is 17.8 Å². The molecule has 0 spiro atoms. The molecule has 0 heterocycles. The van der Waals surface area contributed by atoms with E-state index in [9.17, 15) is 9.59 Å². The second-order valence-electron chi connectivity index (χ2n) is 3.98. The minimum atomic E-state index is -0.824. The van der Waals surface area contributed by atoms with Crippen molar-refractivity contribution < 1.29 is 19.4 Å². The van der Waals surface area contributed by atoms with Gasteiger partial charge in [-0.05, 0) is 26.7 Å². The molecule has 3 atom stereocenters. The highest BCUT2D eigenvalue weighted by Gasteiger charge is 2.42. The van der Waals surface area contributed by atoms with Crippen LogP contribution >= 0.6 is 0 Å². The van der Waals surface area contributed by atoms with Gasteiger partial charge in [0.15, 0.2) is 0 Å². The van der Waals surface area contributed by atoms with Gasteiger partial charge in [-0.1, -0.05) is 12.2 Å². The first-order valence-electron chi connectivity index (χ1n) is 5.64. The maximum atomic E-state index is 11.6. The van der Waals surface area contributed by atoms with E-state index in [1.807, 2.05) is 13.0 Å². The van der Waals surface area contributed by atoms with Crippen molar-refractivity contribution in [2.75, 3.05) is 6.61 Å². The molecule has 1 saturated carbocycles. The molecule has 4 nitrogen and oxygen atoms in total. The Kier molecular flexibility index (Phi) is 4.52. The van der Waals surface area contributed by atoms with Gasteiger partial charge >= 0.3 is 11.9 Å². The van der Waals surface area contributed by atoms with Gasteiger partial charge in [0, 0.05) is 5.92 Å². The Hall–Kier alpha value is -1.32. The highest BCUT2D eigenvalue weighted by molar-refractivity contribution is 5.77. The van der Waals surface area contributed by atoms with Gasteiger partial charge < -0.3 is 9.84 Å². The highest BCUT2D eigenvalue weighted by Crippen LogP contribution is 2.39. The summed E-state index contributed by atoms with van der Waals surface area (Å²) in [6.07, 6.45) is 4.77. The van der Waals surface area contributed by atoms with Gasteiger partial charge in [0.2, 0.25) is 0 Å². The smallest absolute Gasteiger partial charge is 0.309 e. The molecule has 1 N–H and O–H groups in total. The van der Waals surface area contributed by atoms with Crippen LogP contribution in [0.1, 0.15) is 26.7 Å². The average molecular weight is 226 g/mol. The van der Waals surface area contributed by atoms with E-state index in [0.717, 1.165) is 0 Å². The summed E-state index contributed by atoms with van der Waals surface area (Å²) in [7, 11) is 0. The number of carboxylic acid groups (broad SMARTS) is 1. The Morgan fingerprint density at radius 2 is 2.00 bits per heavy atom. The third-order valence-corrected chi connectivity index (χ3v) is 3.04. The summed E-state index contributed by atoms with van der Waals surface area (Å²) < 4.78 is 4.96. The topological polar surface area (TPSA) is 63.6 Å². The molecule has 0 aromatic heterocycles. The minimum absolute atomic E-state index is 0.221. The first-order chi connectivity index (χ1) is 7.61. The Balaban J connectivity index is 2.79. The maximum Gasteiger partial charge on any atom is 0.309 e. The molecule has 16 heavy (non-hydrogen) atoms. The van der Waals surface area contributed by atoms with Crippen LogP contribution in [0.15, 0.2) is 12.2 Å². The van der Waals surface area contributed by atoms with Gasteiger partial charge in [-0.15, -0.1) is 0 Å². The summed E-state index contributed by atoms with van der Waals surface area (Å²) in [4.78, 5) is 22.7. The summed E-state index contributed by atoms with van der Waals surface area (Å²) in [6, 6.07) is 0. The van der Waals surface area contributed by atoms with Crippen LogP contribution < -0.4 is 0 Å². The van der Waals surface area contributed by atoms with E-state index in [2.05, 4.69) is 0 Å². The van der Waals surface area contributed by atoms with E-state index in [1.165, 1.54) is 0 Å². The van der Waals surface area contributed by atoms with Crippen LogP contribution in [-0.4, -0.2) is 23.7 Å². The van der Waals surface area contributed by atoms with Crippen LogP contribution in [0.25, 0.3) is 0 Å². The van der Waals surface area contributed by atoms with Crippen molar-refractivity contribution in [1.29, 1.82) is 0 Å². The van der Waals surface area contributed by atoms with Gasteiger partial charge in [-0.2, -0.15) is 0 Å². The number of esters is 1. The molecular weight excluding hydrogens is 208 g/mol.